The number of halogens is 1. The van der Waals surface area contributed by atoms with Crippen LogP contribution >= 0.6 is 11.6 Å². The number of hydrogen-bond donors (Lipinski definition) is 1. The maximum atomic E-state index is 12.4. The van der Waals surface area contributed by atoms with Gasteiger partial charge in [-0.15, -0.1) is 0 Å². The lowest BCUT2D eigenvalue weighted by Crippen LogP contribution is -2.30. The summed E-state index contributed by atoms with van der Waals surface area (Å²) in [4.78, 5) is 24.7. The van der Waals surface area contributed by atoms with Gasteiger partial charge < -0.3 is 14.6 Å². The van der Waals surface area contributed by atoms with Crippen molar-refractivity contribution in [2.45, 2.75) is 13.8 Å². The van der Waals surface area contributed by atoms with Gasteiger partial charge in [0.25, 0.3) is 11.5 Å². The molecule has 1 amide bonds. The Kier molecular flexibility index (Phi) is 4.56. The minimum absolute atomic E-state index is 0.125. The van der Waals surface area contributed by atoms with Crippen LogP contribution in [0.4, 0.5) is 5.69 Å². The van der Waals surface area contributed by atoms with E-state index in [1.807, 2.05) is 6.92 Å². The summed E-state index contributed by atoms with van der Waals surface area (Å²) in [7, 11) is 3.15. The van der Waals surface area contributed by atoms with Crippen molar-refractivity contribution in [1.29, 1.82) is 0 Å². The van der Waals surface area contributed by atoms with E-state index in [-0.39, 0.29) is 11.1 Å². The number of pyridine rings is 1. The molecule has 2 aromatic rings. The number of benzene rings is 1. The van der Waals surface area contributed by atoms with E-state index < -0.39 is 5.91 Å². The molecular weight excluding hydrogens is 304 g/mol. The number of nitrogens with zero attached hydrogens (tertiary/aromatic N) is 1. The monoisotopic (exact) mass is 320 g/mol. The highest BCUT2D eigenvalue weighted by molar-refractivity contribution is 6.32. The summed E-state index contributed by atoms with van der Waals surface area (Å²) in [5.41, 5.74) is 1.73. The SMILES string of the molecule is COc1ccc(NC(=O)c2c(C)cc(C)n(C)c2=O)cc1Cl. The number of amides is 1. The molecule has 1 aromatic heterocycles. The number of methoxy groups -OCH3 is 1. The molecule has 0 aliphatic rings. The molecule has 1 N–H and O–H groups in total. The molecule has 0 spiro atoms. The normalized spacial score (nSPS) is 10.4. The van der Waals surface area contributed by atoms with Gasteiger partial charge in [0.05, 0.1) is 12.1 Å². The average molecular weight is 321 g/mol. The molecule has 0 bridgehead atoms. The molecule has 0 unspecified atom stereocenters. The maximum absolute atomic E-state index is 12.4. The molecule has 0 atom stereocenters. The zero-order valence-electron chi connectivity index (χ0n) is 12.9. The highest BCUT2D eigenvalue weighted by Gasteiger charge is 2.16. The predicted molar refractivity (Wildman–Crippen MR) is 87.1 cm³/mol. The fourth-order valence-corrected chi connectivity index (χ4v) is 2.45. The van der Waals surface area contributed by atoms with Gasteiger partial charge in [0.1, 0.15) is 11.3 Å². The average Bonchev–Trinajstić information content (AvgIpc) is 2.45. The van der Waals surface area contributed by atoms with Crippen LogP contribution in [0.15, 0.2) is 29.1 Å². The maximum Gasteiger partial charge on any atom is 0.263 e. The van der Waals surface area contributed by atoms with E-state index in [1.165, 1.54) is 11.7 Å². The number of carbonyl (C=O) groups excluding carboxylic acids is 1. The molecule has 0 saturated carbocycles. The van der Waals surface area contributed by atoms with Crippen LogP contribution in [-0.4, -0.2) is 17.6 Å². The predicted octanol–water partition coefficient (Wildman–Crippen LogP) is 2.92. The van der Waals surface area contributed by atoms with Crippen LogP contribution in [-0.2, 0) is 7.05 Å². The Hall–Kier alpha value is -2.27. The zero-order chi connectivity index (χ0) is 16.4. The number of ether oxygens (including phenoxy) is 1. The number of carbonyl (C=O) groups is 1. The topological polar surface area (TPSA) is 60.3 Å². The number of aromatic nitrogens is 1. The van der Waals surface area contributed by atoms with E-state index in [0.29, 0.717) is 22.0 Å². The number of aryl methyl sites for hydroxylation is 2. The van der Waals surface area contributed by atoms with Crippen molar-refractivity contribution >= 4 is 23.2 Å². The lowest BCUT2D eigenvalue weighted by Gasteiger charge is -2.12. The lowest BCUT2D eigenvalue weighted by molar-refractivity contribution is 0.102. The molecule has 22 heavy (non-hydrogen) atoms. The Balaban J connectivity index is 2.36. The standard InChI is InChI=1S/C16H17ClN2O3/c1-9-7-10(2)19(3)16(21)14(9)15(20)18-11-5-6-13(22-4)12(17)8-11/h5-8H,1-4H3,(H,18,20). The third-order valence-electron chi connectivity index (χ3n) is 3.50. The van der Waals surface area contributed by atoms with Gasteiger partial charge in [-0.05, 0) is 43.7 Å². The molecule has 2 rings (SSSR count). The first-order chi connectivity index (χ1) is 10.3. The first-order valence-electron chi connectivity index (χ1n) is 6.67. The van der Waals surface area contributed by atoms with Crippen molar-refractivity contribution in [3.8, 4) is 5.75 Å². The second-order valence-corrected chi connectivity index (χ2v) is 5.42. The van der Waals surface area contributed by atoms with Crippen molar-refractivity contribution in [2.24, 2.45) is 7.05 Å². The smallest absolute Gasteiger partial charge is 0.263 e. The molecule has 116 valence electrons. The molecular formula is C16H17ClN2O3. The Labute approximate surface area is 133 Å². The van der Waals surface area contributed by atoms with Gasteiger partial charge in [0.15, 0.2) is 0 Å². The van der Waals surface area contributed by atoms with Crippen molar-refractivity contribution in [3.63, 3.8) is 0 Å². The quantitative estimate of drug-likeness (QED) is 0.946. The van der Waals surface area contributed by atoms with Crippen LogP contribution in [0, 0.1) is 13.8 Å². The third-order valence-corrected chi connectivity index (χ3v) is 3.80. The fourth-order valence-electron chi connectivity index (χ4n) is 2.19. The lowest BCUT2D eigenvalue weighted by atomic mass is 10.1. The van der Waals surface area contributed by atoms with Gasteiger partial charge >= 0.3 is 0 Å². The van der Waals surface area contributed by atoms with Gasteiger partial charge in [-0.1, -0.05) is 11.6 Å². The van der Waals surface area contributed by atoms with Gasteiger partial charge in [-0.25, -0.2) is 0 Å². The molecule has 6 heteroatoms. The first kappa shape index (κ1) is 16.1. The van der Waals surface area contributed by atoms with Gasteiger partial charge in [-0.2, -0.15) is 0 Å². The Morgan fingerprint density at radius 2 is 1.95 bits per heavy atom. The van der Waals surface area contributed by atoms with Crippen molar-refractivity contribution in [3.05, 3.63) is 56.5 Å². The van der Waals surface area contributed by atoms with Crippen LogP contribution in [0.25, 0.3) is 0 Å². The number of nitrogens with one attached hydrogen (secondary N) is 1. The molecule has 0 radical (unpaired) electrons. The molecule has 1 aromatic carbocycles. The van der Waals surface area contributed by atoms with Crippen LogP contribution in [0.1, 0.15) is 21.6 Å². The summed E-state index contributed by atoms with van der Waals surface area (Å²) in [6.07, 6.45) is 0. The van der Waals surface area contributed by atoms with Crippen LogP contribution in [0.3, 0.4) is 0 Å². The highest BCUT2D eigenvalue weighted by Crippen LogP contribution is 2.27. The largest absolute Gasteiger partial charge is 0.495 e. The summed E-state index contributed by atoms with van der Waals surface area (Å²) in [5.74, 6) is 0.0569. The van der Waals surface area contributed by atoms with Crippen molar-refractivity contribution in [1.82, 2.24) is 4.57 Å². The van der Waals surface area contributed by atoms with Gasteiger partial charge in [0.2, 0.25) is 0 Å². The number of anilines is 1. The van der Waals surface area contributed by atoms with E-state index in [1.54, 1.807) is 38.2 Å². The summed E-state index contributed by atoms with van der Waals surface area (Å²) in [6, 6.07) is 6.69. The third kappa shape index (κ3) is 2.99. The van der Waals surface area contributed by atoms with Crippen LogP contribution in [0.5, 0.6) is 5.75 Å². The number of rotatable bonds is 3. The fraction of sp³-hybridized carbons (Fsp3) is 0.250. The molecule has 5 nitrogen and oxygen atoms in total. The molecule has 0 saturated heterocycles. The van der Waals surface area contributed by atoms with E-state index >= 15 is 0 Å². The second kappa shape index (κ2) is 6.23. The van der Waals surface area contributed by atoms with Gasteiger partial charge in [-0.3, -0.25) is 9.59 Å². The Bertz CT molecular complexity index is 797. The first-order valence-corrected chi connectivity index (χ1v) is 7.05. The molecule has 0 aliphatic heterocycles. The minimum Gasteiger partial charge on any atom is -0.495 e. The minimum atomic E-state index is -0.459. The van der Waals surface area contributed by atoms with E-state index in [4.69, 9.17) is 16.3 Å². The van der Waals surface area contributed by atoms with Crippen molar-refractivity contribution in [2.75, 3.05) is 12.4 Å². The summed E-state index contributed by atoms with van der Waals surface area (Å²) in [6.45, 7) is 3.56. The van der Waals surface area contributed by atoms with E-state index in [2.05, 4.69) is 5.32 Å². The Morgan fingerprint density at radius 1 is 1.27 bits per heavy atom. The van der Waals surface area contributed by atoms with Gasteiger partial charge in [0, 0.05) is 18.4 Å². The summed E-state index contributed by atoms with van der Waals surface area (Å²) < 4.78 is 6.51. The van der Waals surface area contributed by atoms with E-state index in [0.717, 1.165) is 5.69 Å². The second-order valence-electron chi connectivity index (χ2n) is 5.01. The van der Waals surface area contributed by atoms with E-state index in [9.17, 15) is 9.59 Å². The summed E-state index contributed by atoms with van der Waals surface area (Å²) in [5, 5.41) is 3.07. The molecule has 1 heterocycles. The Morgan fingerprint density at radius 3 is 2.55 bits per heavy atom. The molecule has 0 fully saturated rings. The van der Waals surface area contributed by atoms with Crippen LogP contribution in [0.2, 0.25) is 5.02 Å². The summed E-state index contributed by atoms with van der Waals surface area (Å²) >= 11 is 6.03. The van der Waals surface area contributed by atoms with Crippen LogP contribution < -0.4 is 15.6 Å². The highest BCUT2D eigenvalue weighted by atomic mass is 35.5. The number of hydrogen-bond acceptors (Lipinski definition) is 3. The molecule has 0 aliphatic carbocycles. The van der Waals surface area contributed by atoms with Crippen molar-refractivity contribution < 1.29 is 9.53 Å². The zero-order valence-corrected chi connectivity index (χ0v) is 13.6.